The van der Waals surface area contributed by atoms with Crippen molar-refractivity contribution in [3.05, 3.63) is 11.6 Å². The van der Waals surface area contributed by atoms with Crippen LogP contribution in [0.5, 0.6) is 0 Å². The van der Waals surface area contributed by atoms with E-state index in [9.17, 15) is 4.79 Å². The molecule has 1 aromatic rings. The molecule has 0 aliphatic heterocycles. The molecule has 0 radical (unpaired) electrons. The topological polar surface area (TPSA) is 61.9 Å². The Morgan fingerprint density at radius 2 is 1.89 bits per heavy atom. The van der Waals surface area contributed by atoms with E-state index in [1.165, 1.54) is 25.7 Å². The van der Waals surface area contributed by atoms with Crippen LogP contribution in [0.2, 0.25) is 0 Å². The molecule has 1 fully saturated rings. The van der Waals surface area contributed by atoms with Gasteiger partial charge in [-0.3, -0.25) is 9.89 Å². The van der Waals surface area contributed by atoms with Gasteiger partial charge in [0, 0.05) is 19.0 Å². The molecule has 2 rings (SSSR count). The number of amides is 1. The molecule has 1 heterocycles. The van der Waals surface area contributed by atoms with E-state index < -0.39 is 0 Å². The number of nitrogens with zero attached hydrogens (tertiary/aromatic N) is 3. The summed E-state index contributed by atoms with van der Waals surface area (Å²) in [5.74, 6) is 1.28. The van der Waals surface area contributed by atoms with Crippen LogP contribution in [0, 0.1) is 0 Å². The molecule has 1 aromatic heterocycles. The summed E-state index contributed by atoms with van der Waals surface area (Å²) >= 11 is 0. The third-order valence-corrected chi connectivity index (χ3v) is 3.93. The van der Waals surface area contributed by atoms with Gasteiger partial charge in [0.05, 0.1) is 0 Å². The molecule has 0 bridgehead atoms. The number of aromatic amines is 1. The Kier molecular flexibility index (Phi) is 4.56. The van der Waals surface area contributed by atoms with Crippen molar-refractivity contribution < 1.29 is 4.79 Å². The molecular weight excluding hydrogens is 240 g/mol. The summed E-state index contributed by atoms with van der Waals surface area (Å²) in [6.45, 7) is 4.06. The summed E-state index contributed by atoms with van der Waals surface area (Å²) in [6, 6.07) is 0.344. The zero-order valence-electron chi connectivity index (χ0n) is 12.1. The molecular formula is C14H24N4O. The molecule has 0 unspecified atom stereocenters. The van der Waals surface area contributed by atoms with Crippen LogP contribution in [0.1, 0.15) is 74.7 Å². The van der Waals surface area contributed by atoms with E-state index in [1.807, 2.05) is 25.8 Å². The van der Waals surface area contributed by atoms with Gasteiger partial charge < -0.3 is 4.90 Å². The minimum absolute atomic E-state index is 0.0601. The van der Waals surface area contributed by atoms with Gasteiger partial charge in [0.2, 0.25) is 5.82 Å². The second kappa shape index (κ2) is 6.17. The molecule has 1 N–H and O–H groups in total. The lowest BCUT2D eigenvalue weighted by Crippen LogP contribution is -2.37. The zero-order chi connectivity index (χ0) is 13.8. The van der Waals surface area contributed by atoms with Gasteiger partial charge in [-0.05, 0) is 12.8 Å². The quantitative estimate of drug-likeness (QED) is 0.854. The summed E-state index contributed by atoms with van der Waals surface area (Å²) in [5.41, 5.74) is 0. The number of carbonyl (C=O) groups excluding carboxylic acids is 1. The average molecular weight is 264 g/mol. The van der Waals surface area contributed by atoms with Gasteiger partial charge in [-0.25, -0.2) is 4.98 Å². The molecule has 0 spiro atoms. The maximum atomic E-state index is 12.4. The highest BCUT2D eigenvalue weighted by Crippen LogP contribution is 2.22. The number of hydrogen-bond acceptors (Lipinski definition) is 3. The molecule has 1 aliphatic rings. The predicted octanol–water partition coefficient (Wildman–Crippen LogP) is 2.72. The van der Waals surface area contributed by atoms with E-state index >= 15 is 0 Å². The van der Waals surface area contributed by atoms with Gasteiger partial charge >= 0.3 is 0 Å². The highest BCUT2D eigenvalue weighted by Gasteiger charge is 2.25. The SMILES string of the molecule is CC(C)c1nc(C(=O)N(C)C2CCCCCC2)n[nH]1. The first-order chi connectivity index (χ1) is 9.09. The molecule has 0 aromatic carbocycles. The van der Waals surface area contributed by atoms with Crippen LogP contribution in [0.3, 0.4) is 0 Å². The average Bonchev–Trinajstić information content (AvgIpc) is 2.73. The molecule has 106 valence electrons. The van der Waals surface area contributed by atoms with Crippen molar-refractivity contribution >= 4 is 5.91 Å². The van der Waals surface area contributed by atoms with Crippen LogP contribution >= 0.6 is 0 Å². The minimum Gasteiger partial charge on any atom is -0.336 e. The Labute approximate surface area is 114 Å². The molecule has 0 atom stereocenters. The Hall–Kier alpha value is -1.39. The number of nitrogens with one attached hydrogen (secondary N) is 1. The monoisotopic (exact) mass is 264 g/mol. The fourth-order valence-electron chi connectivity index (χ4n) is 2.60. The van der Waals surface area contributed by atoms with Gasteiger partial charge in [-0.1, -0.05) is 39.5 Å². The van der Waals surface area contributed by atoms with Crippen LogP contribution in [0.4, 0.5) is 0 Å². The Bertz CT molecular complexity index is 419. The second-order valence-corrected chi connectivity index (χ2v) is 5.76. The molecule has 19 heavy (non-hydrogen) atoms. The molecule has 1 amide bonds. The molecule has 5 heteroatoms. The van der Waals surface area contributed by atoms with E-state index in [-0.39, 0.29) is 11.8 Å². The number of hydrogen-bond donors (Lipinski definition) is 1. The fraction of sp³-hybridized carbons (Fsp3) is 0.786. The van der Waals surface area contributed by atoms with E-state index in [1.54, 1.807) is 0 Å². The first-order valence-corrected chi connectivity index (χ1v) is 7.29. The van der Waals surface area contributed by atoms with Gasteiger partial charge in [0.1, 0.15) is 5.82 Å². The van der Waals surface area contributed by atoms with Crippen molar-refractivity contribution in [3.63, 3.8) is 0 Å². The Balaban J connectivity index is 2.04. The minimum atomic E-state index is -0.0601. The van der Waals surface area contributed by atoms with E-state index in [4.69, 9.17) is 0 Å². The van der Waals surface area contributed by atoms with E-state index in [0.717, 1.165) is 18.7 Å². The standard InChI is InChI=1S/C14H24N4O/c1-10(2)12-15-13(17-16-12)14(19)18(3)11-8-6-4-5-7-9-11/h10-11H,4-9H2,1-3H3,(H,15,16,17). The Morgan fingerprint density at radius 3 is 2.42 bits per heavy atom. The summed E-state index contributed by atoms with van der Waals surface area (Å²) in [7, 11) is 1.88. The predicted molar refractivity (Wildman–Crippen MR) is 74.1 cm³/mol. The summed E-state index contributed by atoms with van der Waals surface area (Å²) in [6.07, 6.45) is 7.21. The number of aromatic nitrogens is 3. The van der Waals surface area contributed by atoms with Gasteiger partial charge in [0.25, 0.3) is 5.91 Å². The van der Waals surface area contributed by atoms with Crippen LogP contribution in [-0.4, -0.2) is 39.1 Å². The van der Waals surface area contributed by atoms with Crippen LogP contribution in [0.25, 0.3) is 0 Å². The van der Waals surface area contributed by atoms with Crippen LogP contribution < -0.4 is 0 Å². The van der Waals surface area contributed by atoms with E-state index in [0.29, 0.717) is 11.9 Å². The zero-order valence-corrected chi connectivity index (χ0v) is 12.1. The van der Waals surface area contributed by atoms with Crippen molar-refractivity contribution in [2.45, 2.75) is 64.3 Å². The maximum absolute atomic E-state index is 12.4. The van der Waals surface area contributed by atoms with Crippen molar-refractivity contribution in [1.29, 1.82) is 0 Å². The lowest BCUT2D eigenvalue weighted by molar-refractivity contribution is 0.0705. The van der Waals surface area contributed by atoms with Crippen molar-refractivity contribution in [2.24, 2.45) is 0 Å². The Morgan fingerprint density at radius 1 is 1.26 bits per heavy atom. The third kappa shape index (κ3) is 3.33. The van der Waals surface area contributed by atoms with Gasteiger partial charge in [0.15, 0.2) is 0 Å². The first kappa shape index (κ1) is 14.0. The highest BCUT2D eigenvalue weighted by molar-refractivity contribution is 5.90. The number of H-pyrrole nitrogens is 1. The molecule has 5 nitrogen and oxygen atoms in total. The van der Waals surface area contributed by atoms with Crippen LogP contribution in [-0.2, 0) is 0 Å². The third-order valence-electron chi connectivity index (χ3n) is 3.93. The maximum Gasteiger partial charge on any atom is 0.293 e. The molecule has 1 saturated carbocycles. The number of rotatable bonds is 3. The summed E-state index contributed by atoms with van der Waals surface area (Å²) < 4.78 is 0. The lowest BCUT2D eigenvalue weighted by atomic mass is 10.1. The summed E-state index contributed by atoms with van der Waals surface area (Å²) in [4.78, 5) is 18.5. The molecule has 1 aliphatic carbocycles. The van der Waals surface area contributed by atoms with Gasteiger partial charge in [-0.2, -0.15) is 0 Å². The van der Waals surface area contributed by atoms with Crippen LogP contribution in [0.15, 0.2) is 0 Å². The normalized spacial score (nSPS) is 17.5. The fourth-order valence-corrected chi connectivity index (χ4v) is 2.60. The lowest BCUT2D eigenvalue weighted by Gasteiger charge is -2.26. The highest BCUT2D eigenvalue weighted by atomic mass is 16.2. The molecule has 0 saturated heterocycles. The second-order valence-electron chi connectivity index (χ2n) is 5.76. The van der Waals surface area contributed by atoms with Crippen molar-refractivity contribution in [3.8, 4) is 0 Å². The first-order valence-electron chi connectivity index (χ1n) is 7.29. The summed E-state index contributed by atoms with van der Waals surface area (Å²) in [5, 5.41) is 6.90. The van der Waals surface area contributed by atoms with Crippen molar-refractivity contribution in [2.75, 3.05) is 7.05 Å². The van der Waals surface area contributed by atoms with Crippen molar-refractivity contribution in [1.82, 2.24) is 20.1 Å². The smallest absolute Gasteiger partial charge is 0.293 e. The van der Waals surface area contributed by atoms with Gasteiger partial charge in [-0.15, -0.1) is 5.10 Å². The number of carbonyl (C=O) groups is 1. The largest absolute Gasteiger partial charge is 0.336 e. The van der Waals surface area contributed by atoms with E-state index in [2.05, 4.69) is 15.2 Å².